The molecule has 1 aliphatic carbocycles. The van der Waals surface area contributed by atoms with Gasteiger partial charge in [-0.15, -0.1) is 5.10 Å². The van der Waals surface area contributed by atoms with Crippen molar-refractivity contribution in [3.05, 3.63) is 47.8 Å². The number of fused-ring (bicyclic) bond motifs is 1. The van der Waals surface area contributed by atoms with E-state index in [1.165, 1.54) is 18.4 Å². The van der Waals surface area contributed by atoms with Crippen molar-refractivity contribution >= 4 is 5.91 Å². The molecule has 5 heteroatoms. The van der Waals surface area contributed by atoms with Crippen LogP contribution in [0, 0.1) is 11.3 Å². The third-order valence-corrected chi connectivity index (χ3v) is 5.95. The van der Waals surface area contributed by atoms with Gasteiger partial charge >= 0.3 is 0 Å². The van der Waals surface area contributed by atoms with Crippen molar-refractivity contribution < 1.29 is 4.79 Å². The van der Waals surface area contributed by atoms with Crippen molar-refractivity contribution in [3.63, 3.8) is 0 Å². The zero-order chi connectivity index (χ0) is 17.4. The molecule has 1 saturated heterocycles. The second-order valence-electron chi connectivity index (χ2n) is 8.13. The minimum absolute atomic E-state index is 0.0495. The monoisotopic (exact) mass is 338 g/mol. The minimum atomic E-state index is 0.0495. The molecule has 0 unspecified atom stereocenters. The molecular formula is C20H26N4O. The molecule has 0 N–H and O–H groups in total. The summed E-state index contributed by atoms with van der Waals surface area (Å²) in [6.07, 6.45) is 6.29. The number of benzene rings is 1. The maximum absolute atomic E-state index is 13.0. The van der Waals surface area contributed by atoms with Crippen LogP contribution in [0.25, 0.3) is 0 Å². The van der Waals surface area contributed by atoms with E-state index in [2.05, 4.69) is 41.2 Å². The molecule has 0 spiro atoms. The number of aryl methyl sites for hydroxylation is 2. The Morgan fingerprint density at radius 1 is 1.24 bits per heavy atom. The highest BCUT2D eigenvalue weighted by Gasteiger charge is 2.50. The number of amides is 1. The normalized spacial score (nSPS) is 24.5. The summed E-state index contributed by atoms with van der Waals surface area (Å²) in [5.41, 5.74) is 1.96. The summed E-state index contributed by atoms with van der Waals surface area (Å²) < 4.78 is 1.79. The van der Waals surface area contributed by atoms with Crippen LogP contribution in [0.1, 0.15) is 49.2 Å². The number of nitrogens with zero attached hydrogens (tertiary/aromatic N) is 4. The lowest BCUT2D eigenvalue weighted by Crippen LogP contribution is -2.36. The number of hydrogen-bond donors (Lipinski definition) is 0. The molecule has 1 saturated carbocycles. The molecule has 2 atom stereocenters. The summed E-state index contributed by atoms with van der Waals surface area (Å²) in [7, 11) is 0. The summed E-state index contributed by atoms with van der Waals surface area (Å²) in [5, 5.41) is 8.32. The molecular weight excluding hydrogens is 312 g/mol. The van der Waals surface area contributed by atoms with Crippen LogP contribution < -0.4 is 0 Å². The average Bonchev–Trinajstić information content (AvgIpc) is 3.31. The number of hydrogen-bond acceptors (Lipinski definition) is 3. The molecule has 2 aliphatic rings. The molecule has 2 aromatic rings. The van der Waals surface area contributed by atoms with Crippen LogP contribution >= 0.6 is 0 Å². The first-order valence-corrected chi connectivity index (χ1v) is 9.30. The van der Waals surface area contributed by atoms with Gasteiger partial charge < -0.3 is 4.90 Å². The van der Waals surface area contributed by atoms with Crippen LogP contribution in [-0.2, 0) is 13.0 Å². The maximum atomic E-state index is 13.0. The van der Waals surface area contributed by atoms with E-state index in [1.807, 2.05) is 18.2 Å². The van der Waals surface area contributed by atoms with E-state index in [0.29, 0.717) is 17.7 Å². The van der Waals surface area contributed by atoms with Gasteiger partial charge in [0.15, 0.2) is 5.69 Å². The van der Waals surface area contributed by atoms with Gasteiger partial charge in [-0.05, 0) is 36.2 Å². The molecule has 0 bridgehead atoms. The van der Waals surface area contributed by atoms with Gasteiger partial charge in [-0.1, -0.05) is 55.8 Å². The Kier molecular flexibility index (Phi) is 4.10. The molecule has 132 valence electrons. The lowest BCUT2D eigenvalue weighted by Gasteiger charge is -2.23. The number of aromatic nitrogens is 3. The number of rotatable bonds is 4. The Labute approximate surface area is 149 Å². The fourth-order valence-corrected chi connectivity index (χ4v) is 4.66. The van der Waals surface area contributed by atoms with Crippen molar-refractivity contribution in [1.82, 2.24) is 19.9 Å². The smallest absolute Gasteiger partial charge is 0.276 e. The number of carbonyl (C=O) groups is 1. The Morgan fingerprint density at radius 3 is 2.84 bits per heavy atom. The van der Waals surface area contributed by atoms with E-state index in [9.17, 15) is 4.79 Å². The molecule has 5 nitrogen and oxygen atoms in total. The fourth-order valence-electron chi connectivity index (χ4n) is 4.66. The quantitative estimate of drug-likeness (QED) is 0.860. The second kappa shape index (κ2) is 6.28. The Hall–Kier alpha value is -2.17. The zero-order valence-corrected chi connectivity index (χ0v) is 15.1. The minimum Gasteiger partial charge on any atom is -0.333 e. The summed E-state index contributed by atoms with van der Waals surface area (Å²) in [4.78, 5) is 15.0. The Bertz CT molecular complexity index is 752. The van der Waals surface area contributed by atoms with Crippen LogP contribution in [-0.4, -0.2) is 38.4 Å². The highest BCUT2D eigenvalue weighted by atomic mass is 16.2. The van der Waals surface area contributed by atoms with Gasteiger partial charge in [0.25, 0.3) is 5.91 Å². The van der Waals surface area contributed by atoms with Gasteiger partial charge in [0, 0.05) is 19.1 Å². The first-order valence-electron chi connectivity index (χ1n) is 9.30. The van der Waals surface area contributed by atoms with Gasteiger partial charge in [-0.3, -0.25) is 9.48 Å². The molecule has 25 heavy (non-hydrogen) atoms. The van der Waals surface area contributed by atoms with Gasteiger partial charge in [-0.25, -0.2) is 0 Å². The molecule has 1 amide bonds. The number of likely N-dealkylation sites (tertiary alicyclic amines) is 1. The Balaban J connectivity index is 1.44. The molecule has 1 aliphatic heterocycles. The highest BCUT2D eigenvalue weighted by Crippen LogP contribution is 2.48. The lowest BCUT2D eigenvalue weighted by molar-refractivity contribution is 0.0716. The molecule has 1 aromatic carbocycles. The standard InChI is InChI=1S/C20H26N4O/c1-20(2)14-24(18-10-6-9-16(18)20)19(25)17-13-23(22-21-17)12-11-15-7-4-3-5-8-15/h3-5,7-8,13,16,18H,6,9-12,14H2,1-2H3/t16-,18+/m0/s1. The Morgan fingerprint density at radius 2 is 2.04 bits per heavy atom. The second-order valence-corrected chi connectivity index (χ2v) is 8.13. The van der Waals surface area contributed by atoms with Gasteiger partial charge in [0.2, 0.25) is 0 Å². The summed E-state index contributed by atoms with van der Waals surface area (Å²) in [6.45, 7) is 6.15. The van der Waals surface area contributed by atoms with E-state index >= 15 is 0 Å². The van der Waals surface area contributed by atoms with Crippen LogP contribution in [0.5, 0.6) is 0 Å². The first-order chi connectivity index (χ1) is 12.0. The van der Waals surface area contributed by atoms with Crippen molar-refractivity contribution in [2.45, 2.75) is 52.1 Å². The summed E-state index contributed by atoms with van der Waals surface area (Å²) in [5.74, 6) is 0.679. The van der Waals surface area contributed by atoms with Crippen molar-refractivity contribution in [2.75, 3.05) is 6.54 Å². The highest BCUT2D eigenvalue weighted by molar-refractivity contribution is 5.92. The first kappa shape index (κ1) is 16.3. The van der Waals surface area contributed by atoms with Gasteiger partial charge in [0.05, 0.1) is 6.20 Å². The van der Waals surface area contributed by atoms with Gasteiger partial charge in [0.1, 0.15) is 0 Å². The SMILES string of the molecule is CC1(C)CN(C(=O)c2cn(CCc3ccccc3)nn2)[C@@H]2CCC[C@@H]21. The molecule has 1 aromatic heterocycles. The summed E-state index contributed by atoms with van der Waals surface area (Å²) >= 11 is 0. The van der Waals surface area contributed by atoms with E-state index in [4.69, 9.17) is 0 Å². The van der Waals surface area contributed by atoms with E-state index in [0.717, 1.165) is 25.9 Å². The maximum Gasteiger partial charge on any atom is 0.276 e. The predicted octanol–water partition coefficient (Wildman–Crippen LogP) is 3.17. The van der Waals surface area contributed by atoms with Crippen LogP contribution in [0.15, 0.2) is 36.5 Å². The van der Waals surface area contributed by atoms with Crippen LogP contribution in [0.3, 0.4) is 0 Å². The number of carbonyl (C=O) groups excluding carboxylic acids is 1. The molecule has 4 rings (SSSR count). The molecule has 0 radical (unpaired) electrons. The van der Waals surface area contributed by atoms with Crippen molar-refractivity contribution in [3.8, 4) is 0 Å². The van der Waals surface area contributed by atoms with E-state index in [1.54, 1.807) is 10.9 Å². The van der Waals surface area contributed by atoms with Crippen LogP contribution in [0.2, 0.25) is 0 Å². The predicted molar refractivity (Wildman–Crippen MR) is 96.1 cm³/mol. The van der Waals surface area contributed by atoms with E-state index in [-0.39, 0.29) is 11.3 Å². The summed E-state index contributed by atoms with van der Waals surface area (Å²) in [6, 6.07) is 10.7. The third-order valence-electron chi connectivity index (χ3n) is 5.95. The largest absolute Gasteiger partial charge is 0.333 e. The average molecular weight is 338 g/mol. The van der Waals surface area contributed by atoms with Crippen molar-refractivity contribution in [2.24, 2.45) is 11.3 Å². The molecule has 2 heterocycles. The fraction of sp³-hybridized carbons (Fsp3) is 0.550. The van der Waals surface area contributed by atoms with Crippen molar-refractivity contribution in [1.29, 1.82) is 0 Å². The van der Waals surface area contributed by atoms with E-state index < -0.39 is 0 Å². The topological polar surface area (TPSA) is 51.0 Å². The third kappa shape index (κ3) is 3.08. The van der Waals surface area contributed by atoms with Gasteiger partial charge in [-0.2, -0.15) is 0 Å². The van der Waals surface area contributed by atoms with Crippen LogP contribution in [0.4, 0.5) is 0 Å². The molecule has 2 fully saturated rings. The lowest BCUT2D eigenvalue weighted by atomic mass is 9.80. The zero-order valence-electron chi connectivity index (χ0n) is 15.1.